The molecule has 9 heteroatoms. The molecule has 1 amide bonds. The SMILES string of the molecule is Cc1nnc(CN2CCN(C(=O)C3CCC3)[C@@H]3CS(=O)(=O)C[C@@H]32)o1. The van der Waals surface area contributed by atoms with Crippen molar-refractivity contribution in [2.75, 3.05) is 24.6 Å². The number of aromatic nitrogens is 2. The Labute approximate surface area is 141 Å². The van der Waals surface area contributed by atoms with Crippen molar-refractivity contribution >= 4 is 15.7 Å². The van der Waals surface area contributed by atoms with Crippen LogP contribution in [0.5, 0.6) is 0 Å². The third-order valence-electron chi connectivity index (χ3n) is 5.43. The van der Waals surface area contributed by atoms with E-state index in [4.69, 9.17) is 4.42 Å². The maximum atomic E-state index is 12.7. The number of fused-ring (bicyclic) bond motifs is 1. The number of nitrogens with zero attached hydrogens (tertiary/aromatic N) is 4. The van der Waals surface area contributed by atoms with Crippen LogP contribution in [0.2, 0.25) is 0 Å². The van der Waals surface area contributed by atoms with E-state index in [1.165, 1.54) is 0 Å². The molecule has 1 saturated carbocycles. The van der Waals surface area contributed by atoms with Gasteiger partial charge in [-0.25, -0.2) is 8.42 Å². The van der Waals surface area contributed by atoms with E-state index in [9.17, 15) is 13.2 Å². The molecule has 0 spiro atoms. The molecule has 0 aromatic carbocycles. The Hall–Kier alpha value is -1.48. The van der Waals surface area contributed by atoms with Crippen molar-refractivity contribution in [2.24, 2.45) is 5.92 Å². The van der Waals surface area contributed by atoms with Gasteiger partial charge >= 0.3 is 0 Å². The van der Waals surface area contributed by atoms with Crippen LogP contribution < -0.4 is 0 Å². The molecule has 4 rings (SSSR count). The van der Waals surface area contributed by atoms with E-state index in [1.54, 1.807) is 6.92 Å². The summed E-state index contributed by atoms with van der Waals surface area (Å²) in [5.41, 5.74) is 0. The molecule has 2 saturated heterocycles. The van der Waals surface area contributed by atoms with Gasteiger partial charge in [0.15, 0.2) is 9.84 Å². The topological polar surface area (TPSA) is 96.6 Å². The quantitative estimate of drug-likeness (QED) is 0.753. The molecule has 1 aromatic rings. The maximum Gasteiger partial charge on any atom is 0.230 e. The summed E-state index contributed by atoms with van der Waals surface area (Å²) in [6.45, 7) is 3.37. The average molecular weight is 354 g/mol. The molecule has 3 heterocycles. The zero-order valence-corrected chi connectivity index (χ0v) is 14.5. The molecule has 2 aliphatic heterocycles. The van der Waals surface area contributed by atoms with Gasteiger partial charge in [0.1, 0.15) is 0 Å². The van der Waals surface area contributed by atoms with Crippen LogP contribution in [0.15, 0.2) is 4.42 Å². The van der Waals surface area contributed by atoms with Gasteiger partial charge < -0.3 is 9.32 Å². The fraction of sp³-hybridized carbons (Fsp3) is 0.800. The van der Waals surface area contributed by atoms with Gasteiger partial charge in [0.25, 0.3) is 0 Å². The molecular formula is C15H22N4O4S. The third kappa shape index (κ3) is 2.83. The van der Waals surface area contributed by atoms with Crippen LogP contribution >= 0.6 is 0 Å². The third-order valence-corrected chi connectivity index (χ3v) is 7.13. The molecule has 132 valence electrons. The van der Waals surface area contributed by atoms with Crippen LogP contribution in [-0.4, -0.2) is 71.0 Å². The number of carbonyl (C=O) groups is 1. The number of aryl methyl sites for hydroxylation is 1. The highest BCUT2D eigenvalue weighted by molar-refractivity contribution is 7.91. The highest BCUT2D eigenvalue weighted by atomic mass is 32.2. The van der Waals surface area contributed by atoms with Crippen molar-refractivity contribution in [1.82, 2.24) is 20.0 Å². The van der Waals surface area contributed by atoms with E-state index < -0.39 is 9.84 Å². The molecule has 24 heavy (non-hydrogen) atoms. The lowest BCUT2D eigenvalue weighted by atomic mass is 9.83. The standard InChI is InChI=1S/C15H22N4O4S/c1-10-16-17-14(23-10)7-18-5-6-19(15(20)11-3-2-4-11)13-9-24(21,22)8-12(13)18/h11-13H,2-9H2,1H3/t12-,13+/m0/s1. The van der Waals surface area contributed by atoms with Crippen LogP contribution in [0.4, 0.5) is 0 Å². The van der Waals surface area contributed by atoms with E-state index in [-0.39, 0.29) is 35.4 Å². The van der Waals surface area contributed by atoms with Gasteiger partial charge in [-0.3, -0.25) is 9.69 Å². The molecule has 1 aliphatic carbocycles. The Balaban J connectivity index is 1.54. The van der Waals surface area contributed by atoms with Gasteiger partial charge in [0.2, 0.25) is 17.7 Å². The minimum absolute atomic E-state index is 0.0650. The number of rotatable bonds is 3. The van der Waals surface area contributed by atoms with Crippen molar-refractivity contribution in [2.45, 2.75) is 44.8 Å². The van der Waals surface area contributed by atoms with Gasteiger partial charge in [-0.15, -0.1) is 10.2 Å². The first-order chi connectivity index (χ1) is 11.4. The molecule has 0 radical (unpaired) electrons. The number of piperazine rings is 1. The number of sulfone groups is 1. The summed E-state index contributed by atoms with van der Waals surface area (Å²) in [5.74, 6) is 1.39. The molecule has 0 bridgehead atoms. The van der Waals surface area contributed by atoms with Gasteiger partial charge in [-0.05, 0) is 12.8 Å². The van der Waals surface area contributed by atoms with Crippen LogP contribution in [0.25, 0.3) is 0 Å². The molecule has 0 N–H and O–H groups in total. The first-order valence-corrected chi connectivity index (χ1v) is 10.3. The Bertz CT molecular complexity index is 742. The summed E-state index contributed by atoms with van der Waals surface area (Å²) in [6, 6.07) is -0.430. The molecule has 3 aliphatic rings. The fourth-order valence-electron chi connectivity index (χ4n) is 3.96. The van der Waals surface area contributed by atoms with E-state index in [1.807, 2.05) is 4.90 Å². The Kier molecular flexibility index (Phi) is 3.87. The van der Waals surface area contributed by atoms with E-state index in [0.29, 0.717) is 31.4 Å². The smallest absolute Gasteiger partial charge is 0.230 e. The van der Waals surface area contributed by atoms with Gasteiger partial charge in [-0.1, -0.05) is 6.42 Å². The lowest BCUT2D eigenvalue weighted by Crippen LogP contribution is -2.61. The summed E-state index contributed by atoms with van der Waals surface area (Å²) in [5, 5.41) is 7.83. The summed E-state index contributed by atoms with van der Waals surface area (Å²) >= 11 is 0. The van der Waals surface area contributed by atoms with Crippen LogP contribution in [0.3, 0.4) is 0 Å². The summed E-state index contributed by atoms with van der Waals surface area (Å²) in [6.07, 6.45) is 2.97. The highest BCUT2D eigenvalue weighted by Crippen LogP contribution is 2.33. The maximum absolute atomic E-state index is 12.7. The van der Waals surface area contributed by atoms with Crippen molar-refractivity contribution in [3.8, 4) is 0 Å². The fourth-order valence-corrected chi connectivity index (χ4v) is 5.97. The molecular weight excluding hydrogens is 332 g/mol. The van der Waals surface area contributed by atoms with E-state index >= 15 is 0 Å². The Morgan fingerprint density at radius 3 is 2.58 bits per heavy atom. The number of hydrogen-bond acceptors (Lipinski definition) is 7. The second kappa shape index (κ2) is 5.80. The number of amides is 1. The lowest BCUT2D eigenvalue weighted by molar-refractivity contribution is -0.144. The van der Waals surface area contributed by atoms with Crippen LogP contribution in [0.1, 0.15) is 31.0 Å². The number of hydrogen-bond donors (Lipinski definition) is 0. The zero-order chi connectivity index (χ0) is 16.9. The average Bonchev–Trinajstić information content (AvgIpc) is 2.99. The van der Waals surface area contributed by atoms with Crippen molar-refractivity contribution < 1.29 is 17.6 Å². The predicted molar refractivity (Wildman–Crippen MR) is 84.7 cm³/mol. The molecule has 1 aromatic heterocycles. The molecule has 8 nitrogen and oxygen atoms in total. The second-order valence-electron chi connectivity index (χ2n) is 7.06. The first kappa shape index (κ1) is 16.0. The van der Waals surface area contributed by atoms with Gasteiger partial charge in [0.05, 0.1) is 24.1 Å². The Morgan fingerprint density at radius 1 is 1.21 bits per heavy atom. The minimum Gasteiger partial charge on any atom is -0.424 e. The van der Waals surface area contributed by atoms with Crippen molar-refractivity contribution in [1.29, 1.82) is 0 Å². The van der Waals surface area contributed by atoms with E-state index in [2.05, 4.69) is 15.1 Å². The minimum atomic E-state index is -3.13. The molecule has 2 atom stereocenters. The second-order valence-corrected chi connectivity index (χ2v) is 9.21. The van der Waals surface area contributed by atoms with Crippen molar-refractivity contribution in [3.63, 3.8) is 0 Å². The zero-order valence-electron chi connectivity index (χ0n) is 13.7. The summed E-state index contributed by atoms with van der Waals surface area (Å²) in [7, 11) is -3.13. The monoisotopic (exact) mass is 354 g/mol. The van der Waals surface area contributed by atoms with Crippen LogP contribution in [0, 0.1) is 12.8 Å². The predicted octanol–water partition coefficient (Wildman–Crippen LogP) is -0.0121. The highest BCUT2D eigenvalue weighted by Gasteiger charge is 2.49. The van der Waals surface area contributed by atoms with Gasteiger partial charge in [-0.2, -0.15) is 0 Å². The number of carbonyl (C=O) groups excluding carboxylic acids is 1. The molecule has 0 unspecified atom stereocenters. The summed E-state index contributed by atoms with van der Waals surface area (Å²) < 4.78 is 29.8. The van der Waals surface area contributed by atoms with Gasteiger partial charge in [0, 0.05) is 32.0 Å². The Morgan fingerprint density at radius 2 is 1.96 bits per heavy atom. The normalized spacial score (nSPS) is 30.1. The lowest BCUT2D eigenvalue weighted by Gasteiger charge is -2.45. The summed E-state index contributed by atoms with van der Waals surface area (Å²) in [4.78, 5) is 16.6. The first-order valence-electron chi connectivity index (χ1n) is 8.47. The molecule has 3 fully saturated rings. The van der Waals surface area contributed by atoms with Crippen molar-refractivity contribution in [3.05, 3.63) is 11.8 Å². The largest absolute Gasteiger partial charge is 0.424 e. The van der Waals surface area contributed by atoms with E-state index in [0.717, 1.165) is 19.3 Å². The van der Waals surface area contributed by atoms with Crippen LogP contribution in [-0.2, 0) is 21.2 Å².